The first-order valence-corrected chi connectivity index (χ1v) is 15.4. The van der Waals surface area contributed by atoms with Crippen molar-refractivity contribution in [3.8, 4) is 5.75 Å². The lowest BCUT2D eigenvalue weighted by Crippen LogP contribution is -2.15. The molecule has 8 nitrogen and oxygen atoms in total. The maximum atomic E-state index is 13.5. The molecule has 37 heavy (non-hydrogen) atoms. The number of phenolic OH excluding ortho intramolecular Hbond substituents is 1. The van der Waals surface area contributed by atoms with Crippen LogP contribution >= 0.6 is 0 Å². The summed E-state index contributed by atoms with van der Waals surface area (Å²) in [6, 6.07) is 20.6. The molecule has 0 amide bonds. The van der Waals surface area contributed by atoms with Crippen molar-refractivity contribution in [2.24, 2.45) is 0 Å². The summed E-state index contributed by atoms with van der Waals surface area (Å²) in [5, 5.41) is 11.0. The lowest BCUT2D eigenvalue weighted by molar-refractivity contribution is 0.442. The molecule has 11 heteroatoms. The molecular weight excluding hydrogens is 534 g/mol. The molecule has 0 saturated heterocycles. The molecular formula is C26H23NO7S3. The Morgan fingerprint density at radius 2 is 0.973 bits per heavy atom. The monoisotopic (exact) mass is 557 g/mol. The highest BCUT2D eigenvalue weighted by Crippen LogP contribution is 2.39. The average molecular weight is 558 g/mol. The van der Waals surface area contributed by atoms with Gasteiger partial charge in [0.1, 0.15) is 9.79 Å². The molecule has 4 aromatic rings. The van der Waals surface area contributed by atoms with Crippen molar-refractivity contribution in [3.05, 3.63) is 102 Å². The molecule has 4 aromatic carbocycles. The summed E-state index contributed by atoms with van der Waals surface area (Å²) in [7, 11) is -13.1. The van der Waals surface area contributed by atoms with Crippen molar-refractivity contribution in [2.45, 2.75) is 38.3 Å². The van der Waals surface area contributed by atoms with E-state index in [9.17, 15) is 30.4 Å². The van der Waals surface area contributed by atoms with Crippen LogP contribution < -0.4 is 4.72 Å². The van der Waals surface area contributed by atoms with Gasteiger partial charge in [0.25, 0.3) is 10.0 Å². The second-order valence-corrected chi connectivity index (χ2v) is 13.9. The molecule has 0 atom stereocenters. The third kappa shape index (κ3) is 5.24. The van der Waals surface area contributed by atoms with Crippen LogP contribution in [0.25, 0.3) is 0 Å². The summed E-state index contributed by atoms with van der Waals surface area (Å²) in [5.74, 6) is -1.01. The molecule has 0 unspecified atom stereocenters. The van der Waals surface area contributed by atoms with Crippen molar-refractivity contribution in [1.29, 1.82) is 0 Å². The number of benzene rings is 4. The molecule has 0 aliphatic rings. The Morgan fingerprint density at radius 1 is 0.568 bits per heavy atom. The summed E-state index contributed by atoms with van der Waals surface area (Å²) in [5.41, 5.74) is 1.23. The van der Waals surface area contributed by atoms with E-state index in [1.807, 2.05) is 0 Å². The highest BCUT2D eigenvalue weighted by Gasteiger charge is 2.31. The lowest BCUT2D eigenvalue weighted by Gasteiger charge is -2.16. The third-order valence-corrected chi connectivity index (χ3v) is 10.6. The fourth-order valence-electron chi connectivity index (χ4n) is 3.55. The van der Waals surface area contributed by atoms with Gasteiger partial charge in [-0.3, -0.25) is 4.72 Å². The summed E-state index contributed by atoms with van der Waals surface area (Å²) in [6.45, 7) is 3.53. The Labute approximate surface area is 216 Å². The predicted molar refractivity (Wildman–Crippen MR) is 139 cm³/mol. The van der Waals surface area contributed by atoms with Gasteiger partial charge in [-0.1, -0.05) is 53.6 Å². The standard InChI is InChI=1S/C26H23NO7S3/c1-18-8-12-21(13-9-18)35(29,30)24-16-20(27-37(33,34)23-6-4-3-5-7-23)17-25(26(24)28)36(31,32)22-14-10-19(2)11-15-22/h3-17,27-28H,1-2H3. The van der Waals surface area contributed by atoms with Crippen LogP contribution in [0.2, 0.25) is 0 Å². The van der Waals surface area contributed by atoms with Crippen LogP contribution in [-0.4, -0.2) is 30.4 Å². The molecule has 0 saturated carbocycles. The van der Waals surface area contributed by atoms with Gasteiger partial charge in [-0.25, -0.2) is 25.3 Å². The van der Waals surface area contributed by atoms with Gasteiger partial charge < -0.3 is 5.11 Å². The van der Waals surface area contributed by atoms with Crippen molar-refractivity contribution in [3.63, 3.8) is 0 Å². The summed E-state index contributed by atoms with van der Waals surface area (Å²) in [4.78, 5) is -2.02. The largest absolute Gasteiger partial charge is 0.505 e. The van der Waals surface area contributed by atoms with Crippen LogP contribution in [0.3, 0.4) is 0 Å². The predicted octanol–water partition coefficient (Wildman–Crippen LogP) is 4.48. The Kier molecular flexibility index (Phi) is 6.89. The quantitative estimate of drug-likeness (QED) is 0.320. The first-order chi connectivity index (χ1) is 17.3. The first-order valence-electron chi connectivity index (χ1n) is 10.9. The van der Waals surface area contributed by atoms with E-state index in [1.54, 1.807) is 44.2 Å². The molecule has 2 N–H and O–H groups in total. The Balaban J connectivity index is 1.96. The number of nitrogens with one attached hydrogen (secondary N) is 1. The summed E-state index contributed by atoms with van der Waals surface area (Å²) < 4.78 is 82.1. The highest BCUT2D eigenvalue weighted by molar-refractivity contribution is 7.93. The molecule has 0 heterocycles. The minimum Gasteiger partial charge on any atom is -0.505 e. The average Bonchev–Trinajstić information content (AvgIpc) is 2.85. The Bertz CT molecular complexity index is 1680. The molecule has 0 spiro atoms. The van der Waals surface area contributed by atoms with Gasteiger partial charge in [0.15, 0.2) is 5.75 Å². The van der Waals surface area contributed by atoms with Crippen molar-refractivity contribution < 1.29 is 30.4 Å². The van der Waals surface area contributed by atoms with Crippen molar-refractivity contribution in [1.82, 2.24) is 0 Å². The van der Waals surface area contributed by atoms with E-state index in [2.05, 4.69) is 4.72 Å². The minimum absolute atomic E-state index is 0.117. The van der Waals surface area contributed by atoms with Crippen molar-refractivity contribution >= 4 is 35.4 Å². The summed E-state index contributed by atoms with van der Waals surface area (Å²) in [6.07, 6.45) is 0. The van der Waals surface area contributed by atoms with Crippen LogP contribution in [0.4, 0.5) is 5.69 Å². The van der Waals surface area contributed by atoms with Gasteiger partial charge in [-0.15, -0.1) is 0 Å². The molecule has 0 aliphatic carbocycles. The van der Waals surface area contributed by atoms with E-state index in [4.69, 9.17) is 0 Å². The smallest absolute Gasteiger partial charge is 0.261 e. The van der Waals surface area contributed by atoms with E-state index in [0.717, 1.165) is 23.3 Å². The Morgan fingerprint density at radius 3 is 1.38 bits per heavy atom. The summed E-state index contributed by atoms with van der Waals surface area (Å²) >= 11 is 0. The van der Waals surface area contributed by atoms with E-state index in [-0.39, 0.29) is 20.4 Å². The second kappa shape index (κ2) is 9.66. The van der Waals surface area contributed by atoms with Gasteiger partial charge in [0.2, 0.25) is 19.7 Å². The fourth-order valence-corrected chi connectivity index (χ4v) is 7.47. The zero-order valence-electron chi connectivity index (χ0n) is 19.8. The third-order valence-electron chi connectivity index (χ3n) is 5.59. The first kappa shape index (κ1) is 26.4. The molecule has 0 aliphatic heterocycles. The molecule has 4 rings (SSSR count). The number of hydrogen-bond donors (Lipinski definition) is 2. The van der Waals surface area contributed by atoms with Crippen molar-refractivity contribution in [2.75, 3.05) is 4.72 Å². The Hall–Kier alpha value is -3.67. The maximum Gasteiger partial charge on any atom is 0.261 e. The SMILES string of the molecule is Cc1ccc(S(=O)(=O)c2cc(NS(=O)(=O)c3ccccc3)cc(S(=O)(=O)c3ccc(C)cc3)c2O)cc1. The zero-order valence-corrected chi connectivity index (χ0v) is 22.2. The van der Waals surface area contributed by atoms with Crippen LogP contribution in [0.15, 0.2) is 115 Å². The second-order valence-electron chi connectivity index (χ2n) is 8.37. The maximum absolute atomic E-state index is 13.5. The number of sulfonamides is 1. The van der Waals surface area contributed by atoms with E-state index < -0.39 is 45.2 Å². The fraction of sp³-hybridized carbons (Fsp3) is 0.0769. The van der Waals surface area contributed by atoms with E-state index in [0.29, 0.717) is 0 Å². The number of aromatic hydroxyl groups is 1. The molecule has 0 radical (unpaired) electrons. The van der Waals surface area contributed by atoms with Gasteiger partial charge in [-0.2, -0.15) is 0 Å². The highest BCUT2D eigenvalue weighted by atomic mass is 32.2. The normalized spacial score (nSPS) is 12.3. The number of anilines is 1. The number of rotatable bonds is 7. The topological polar surface area (TPSA) is 135 Å². The number of phenols is 1. The van der Waals surface area contributed by atoms with Gasteiger partial charge in [-0.05, 0) is 62.4 Å². The van der Waals surface area contributed by atoms with Crippen LogP contribution in [-0.2, 0) is 29.7 Å². The molecule has 0 bridgehead atoms. The lowest BCUT2D eigenvalue weighted by atomic mass is 10.2. The van der Waals surface area contributed by atoms with Gasteiger partial charge in [0.05, 0.1) is 20.4 Å². The number of hydrogen-bond acceptors (Lipinski definition) is 7. The van der Waals surface area contributed by atoms with E-state index >= 15 is 0 Å². The number of aryl methyl sites for hydroxylation is 2. The number of sulfone groups is 2. The van der Waals surface area contributed by atoms with Crippen LogP contribution in [0, 0.1) is 13.8 Å². The van der Waals surface area contributed by atoms with Gasteiger partial charge in [0, 0.05) is 0 Å². The molecule has 0 aromatic heterocycles. The van der Waals surface area contributed by atoms with Gasteiger partial charge >= 0.3 is 0 Å². The molecule has 0 fully saturated rings. The minimum atomic E-state index is -4.45. The zero-order chi connectivity index (χ0) is 27.0. The molecule has 192 valence electrons. The van der Waals surface area contributed by atoms with Crippen LogP contribution in [0.5, 0.6) is 5.75 Å². The van der Waals surface area contributed by atoms with Crippen LogP contribution in [0.1, 0.15) is 11.1 Å². The van der Waals surface area contributed by atoms with E-state index in [1.165, 1.54) is 48.5 Å².